The molecule has 2 aliphatic heterocycles. The summed E-state index contributed by atoms with van der Waals surface area (Å²) in [5, 5.41) is 4.06. The summed E-state index contributed by atoms with van der Waals surface area (Å²) >= 11 is 0. The Morgan fingerprint density at radius 3 is 3.08 bits per heavy atom. The second kappa shape index (κ2) is 2.62. The molecule has 0 N–H and O–H groups in total. The van der Waals surface area contributed by atoms with E-state index in [0.717, 1.165) is 5.70 Å². The maximum absolute atomic E-state index is 4.29. The molecule has 1 unspecified atom stereocenters. The normalized spacial score (nSPS) is 25.8. The fourth-order valence-corrected chi connectivity index (χ4v) is 1.13. The summed E-state index contributed by atoms with van der Waals surface area (Å²) in [5.74, 6) is 0.443. The van der Waals surface area contributed by atoms with Gasteiger partial charge in [-0.25, -0.2) is 4.99 Å². The largest absolute Gasteiger partial charge is 0.314 e. The van der Waals surface area contributed by atoms with Crippen LogP contribution in [0.1, 0.15) is 13.8 Å². The predicted octanol–water partition coefficient (Wildman–Crippen LogP) is 1.40. The fraction of sp³-hybridized carbons (Fsp3) is 0.500. The molecule has 0 saturated carbocycles. The van der Waals surface area contributed by atoms with Crippen molar-refractivity contribution in [1.82, 2.24) is 0 Å². The van der Waals surface area contributed by atoms with Gasteiger partial charge in [-0.3, -0.25) is 0 Å². The number of aliphatic imine (C=N–C) groups is 2. The lowest BCUT2D eigenvalue weighted by Crippen LogP contribution is -2.21. The fourth-order valence-electron chi connectivity index (χ4n) is 1.13. The second-order valence-corrected chi connectivity index (χ2v) is 3.16. The first-order valence-corrected chi connectivity index (χ1v) is 4.04. The van der Waals surface area contributed by atoms with Crippen molar-refractivity contribution in [3.05, 3.63) is 11.9 Å². The summed E-state index contributed by atoms with van der Waals surface area (Å²) < 4.78 is 1.82. The van der Waals surface area contributed by atoms with Crippen LogP contribution in [0.25, 0.3) is 0 Å². The van der Waals surface area contributed by atoms with E-state index in [1.165, 1.54) is 0 Å². The van der Waals surface area contributed by atoms with Crippen molar-refractivity contribution in [2.24, 2.45) is 21.0 Å². The van der Waals surface area contributed by atoms with Crippen molar-refractivity contribution >= 4 is 12.6 Å². The number of allylic oxidation sites excluding steroid dienone is 1. The molecule has 2 rings (SSSR count). The Morgan fingerprint density at radius 1 is 1.50 bits per heavy atom. The van der Waals surface area contributed by atoms with Crippen molar-refractivity contribution in [1.29, 1.82) is 0 Å². The third kappa shape index (κ3) is 1.09. The molecule has 0 bridgehead atoms. The SMILES string of the molecule is CC(C)C1=C[N+]2=NC=NC2C=N1. The Bertz CT molecular complexity index is 309. The zero-order chi connectivity index (χ0) is 8.55. The molecule has 2 aliphatic rings. The highest BCUT2D eigenvalue weighted by Gasteiger charge is 2.26. The van der Waals surface area contributed by atoms with Gasteiger partial charge in [0.1, 0.15) is 5.70 Å². The molecule has 0 aliphatic carbocycles. The van der Waals surface area contributed by atoms with Crippen LogP contribution in [0.4, 0.5) is 0 Å². The summed E-state index contributed by atoms with van der Waals surface area (Å²) in [6, 6.07) is 0. The van der Waals surface area contributed by atoms with Gasteiger partial charge in [0, 0.05) is 11.0 Å². The van der Waals surface area contributed by atoms with E-state index in [0.29, 0.717) is 5.92 Å². The van der Waals surface area contributed by atoms with Gasteiger partial charge in [-0.15, -0.1) is 0 Å². The van der Waals surface area contributed by atoms with Crippen LogP contribution in [-0.4, -0.2) is 23.4 Å². The van der Waals surface area contributed by atoms with Crippen LogP contribution in [0.3, 0.4) is 0 Å². The molecule has 0 fully saturated rings. The molecule has 0 saturated heterocycles. The first kappa shape index (κ1) is 7.34. The average Bonchev–Trinajstić information content (AvgIpc) is 2.49. The third-order valence-corrected chi connectivity index (χ3v) is 1.89. The van der Waals surface area contributed by atoms with Gasteiger partial charge in [0.25, 0.3) is 0 Å². The van der Waals surface area contributed by atoms with Gasteiger partial charge in [-0.2, -0.15) is 4.99 Å². The monoisotopic (exact) mass is 163 g/mol. The zero-order valence-electron chi connectivity index (χ0n) is 7.18. The molecule has 0 aromatic carbocycles. The Balaban J connectivity index is 2.28. The first-order chi connectivity index (χ1) is 5.77. The number of fused-ring (bicyclic) bond motifs is 1. The number of azo groups is 2. The summed E-state index contributed by atoms with van der Waals surface area (Å²) in [6.07, 6.45) is 5.34. The zero-order valence-corrected chi connectivity index (χ0v) is 7.18. The molecule has 0 spiro atoms. The number of hydrogen-bond acceptors (Lipinski definition) is 3. The molecule has 2 heterocycles. The van der Waals surface area contributed by atoms with E-state index in [1.807, 2.05) is 17.1 Å². The lowest BCUT2D eigenvalue weighted by molar-refractivity contribution is -0.535. The third-order valence-electron chi connectivity index (χ3n) is 1.89. The van der Waals surface area contributed by atoms with Crippen LogP contribution >= 0.6 is 0 Å². The molecule has 0 amide bonds. The minimum absolute atomic E-state index is 0.00694. The molecule has 0 aromatic rings. The van der Waals surface area contributed by atoms with Gasteiger partial charge >= 0.3 is 6.17 Å². The molecular formula is C8H11N4+. The van der Waals surface area contributed by atoms with E-state index in [4.69, 9.17) is 0 Å². The van der Waals surface area contributed by atoms with E-state index in [9.17, 15) is 0 Å². The summed E-state index contributed by atoms with van der Waals surface area (Å²) in [6.45, 7) is 4.22. The van der Waals surface area contributed by atoms with E-state index in [-0.39, 0.29) is 6.17 Å². The van der Waals surface area contributed by atoms with Gasteiger partial charge in [0.05, 0.1) is 6.21 Å². The number of hydrogen-bond donors (Lipinski definition) is 0. The molecule has 1 atom stereocenters. The lowest BCUT2D eigenvalue weighted by atomic mass is 10.1. The van der Waals surface area contributed by atoms with E-state index in [1.54, 1.807) is 6.34 Å². The van der Waals surface area contributed by atoms with Crippen LogP contribution in [0, 0.1) is 5.92 Å². The number of rotatable bonds is 1. The first-order valence-electron chi connectivity index (χ1n) is 4.04. The van der Waals surface area contributed by atoms with Gasteiger partial charge in [0.15, 0.2) is 6.34 Å². The minimum Gasteiger partial charge on any atom is -0.250 e. The van der Waals surface area contributed by atoms with Crippen LogP contribution in [-0.2, 0) is 0 Å². The Hall–Kier alpha value is -1.32. The standard InChI is InChI=1S/C8H11N4/c1-6(2)7-4-12-8(3-9-7)10-5-11-12/h3-6,8H,1-2H3/q+1. The van der Waals surface area contributed by atoms with E-state index >= 15 is 0 Å². The van der Waals surface area contributed by atoms with Crippen LogP contribution in [0.5, 0.6) is 0 Å². The van der Waals surface area contributed by atoms with Gasteiger partial charge < -0.3 is 0 Å². The van der Waals surface area contributed by atoms with Crippen molar-refractivity contribution in [2.45, 2.75) is 20.0 Å². The maximum Gasteiger partial charge on any atom is 0.314 e. The van der Waals surface area contributed by atoms with Crippen molar-refractivity contribution in [3.63, 3.8) is 0 Å². The summed E-state index contributed by atoms with van der Waals surface area (Å²) in [7, 11) is 0. The lowest BCUT2D eigenvalue weighted by Gasteiger charge is -2.07. The van der Waals surface area contributed by atoms with Crippen LogP contribution in [0.2, 0.25) is 0 Å². The van der Waals surface area contributed by atoms with Crippen LogP contribution < -0.4 is 0 Å². The highest BCUT2D eigenvalue weighted by atomic mass is 15.4. The predicted molar refractivity (Wildman–Crippen MR) is 46.4 cm³/mol. The molecular weight excluding hydrogens is 152 g/mol. The van der Waals surface area contributed by atoms with E-state index in [2.05, 4.69) is 28.9 Å². The maximum atomic E-state index is 4.29. The molecule has 4 nitrogen and oxygen atoms in total. The van der Waals surface area contributed by atoms with Gasteiger partial charge in [-0.05, 0) is 0 Å². The second-order valence-electron chi connectivity index (χ2n) is 3.16. The topological polar surface area (TPSA) is 40.1 Å². The molecule has 4 heteroatoms. The van der Waals surface area contributed by atoms with Gasteiger partial charge in [-0.1, -0.05) is 18.5 Å². The molecule has 0 aromatic heterocycles. The molecule has 62 valence electrons. The van der Waals surface area contributed by atoms with Crippen molar-refractivity contribution in [2.75, 3.05) is 0 Å². The Labute approximate surface area is 71.0 Å². The number of nitrogens with zero attached hydrogens (tertiary/aromatic N) is 4. The Kier molecular flexibility index (Phi) is 1.60. The highest BCUT2D eigenvalue weighted by molar-refractivity contribution is 5.69. The Morgan fingerprint density at radius 2 is 2.33 bits per heavy atom. The van der Waals surface area contributed by atoms with Crippen molar-refractivity contribution in [3.8, 4) is 0 Å². The molecule has 12 heavy (non-hydrogen) atoms. The smallest absolute Gasteiger partial charge is 0.250 e. The van der Waals surface area contributed by atoms with E-state index < -0.39 is 0 Å². The minimum atomic E-state index is 0.00694. The van der Waals surface area contributed by atoms with Crippen LogP contribution in [0.15, 0.2) is 27.0 Å². The summed E-state index contributed by atoms with van der Waals surface area (Å²) in [5.41, 5.74) is 1.06. The average molecular weight is 163 g/mol. The quantitative estimate of drug-likeness (QED) is 0.524. The highest BCUT2D eigenvalue weighted by Crippen LogP contribution is 2.16. The summed E-state index contributed by atoms with van der Waals surface area (Å²) in [4.78, 5) is 8.38. The van der Waals surface area contributed by atoms with Gasteiger partial charge in [0.2, 0.25) is 6.20 Å². The van der Waals surface area contributed by atoms with Crippen molar-refractivity contribution < 1.29 is 4.70 Å². The molecule has 0 radical (unpaired) electrons.